The first-order valence-electron chi connectivity index (χ1n) is 8.36. The molecule has 1 aromatic heterocycles. The number of nitrogens with one attached hydrogen (secondary N) is 1. The molecular weight excluding hydrogens is 354 g/mol. The zero-order chi connectivity index (χ0) is 19.6. The molecule has 1 aliphatic rings. The average molecular weight is 373 g/mol. The molecule has 2 heterocycles. The minimum atomic E-state index is -0.811. The minimum absolute atomic E-state index is 0.0272. The number of rotatable bonds is 4. The number of ether oxygens (including phenoxy) is 2. The summed E-state index contributed by atoms with van der Waals surface area (Å²) in [5.41, 5.74) is -0.540. The average Bonchev–Trinajstić information content (AvgIpc) is 2.93. The summed E-state index contributed by atoms with van der Waals surface area (Å²) < 4.78 is 11.7. The standard InChI is InChI=1S/C18H19N3O6/c1-10-9-13(23)17(26-10)21-8-7-15(20-18(21)25)19-16(24)12-5-3-4-6-14(12)27-11(2)22/h3-8,10,13,17,23H,9H2,1-2H3,(H,19,20,24,25). The van der Waals surface area contributed by atoms with Gasteiger partial charge in [-0.15, -0.1) is 0 Å². The fraction of sp³-hybridized carbons (Fsp3) is 0.333. The Morgan fingerprint density at radius 3 is 2.70 bits per heavy atom. The van der Waals surface area contributed by atoms with Crippen molar-refractivity contribution in [3.8, 4) is 5.75 Å². The molecule has 1 aliphatic heterocycles. The summed E-state index contributed by atoms with van der Waals surface area (Å²) in [4.78, 5) is 39.7. The molecule has 0 aliphatic carbocycles. The first-order chi connectivity index (χ1) is 12.8. The molecule has 0 bridgehead atoms. The van der Waals surface area contributed by atoms with Crippen molar-refractivity contribution < 1.29 is 24.2 Å². The third kappa shape index (κ3) is 4.21. The second kappa shape index (κ2) is 7.68. The molecule has 1 saturated heterocycles. The lowest BCUT2D eigenvalue weighted by molar-refractivity contribution is -0.131. The van der Waals surface area contributed by atoms with E-state index in [-0.39, 0.29) is 23.2 Å². The number of amides is 1. The van der Waals surface area contributed by atoms with Crippen molar-refractivity contribution in [3.63, 3.8) is 0 Å². The number of hydrogen-bond acceptors (Lipinski definition) is 7. The van der Waals surface area contributed by atoms with Crippen LogP contribution in [0.25, 0.3) is 0 Å². The van der Waals surface area contributed by atoms with Crippen LogP contribution in [-0.4, -0.2) is 38.7 Å². The number of esters is 1. The monoisotopic (exact) mass is 373 g/mol. The van der Waals surface area contributed by atoms with Crippen molar-refractivity contribution >= 4 is 17.7 Å². The highest BCUT2D eigenvalue weighted by Gasteiger charge is 2.33. The van der Waals surface area contributed by atoms with Gasteiger partial charge in [0.1, 0.15) is 17.7 Å². The topological polar surface area (TPSA) is 120 Å². The van der Waals surface area contributed by atoms with Crippen LogP contribution in [0.15, 0.2) is 41.3 Å². The number of aromatic nitrogens is 2. The lowest BCUT2D eigenvalue weighted by atomic mass is 10.2. The molecule has 3 atom stereocenters. The zero-order valence-corrected chi connectivity index (χ0v) is 14.8. The second-order valence-electron chi connectivity index (χ2n) is 6.19. The number of para-hydroxylation sites is 1. The van der Waals surface area contributed by atoms with Gasteiger partial charge in [-0.1, -0.05) is 12.1 Å². The van der Waals surface area contributed by atoms with Gasteiger partial charge in [0.15, 0.2) is 6.23 Å². The Labute approximate surface area is 154 Å². The van der Waals surface area contributed by atoms with E-state index in [2.05, 4.69) is 10.3 Å². The molecule has 1 amide bonds. The Bertz CT molecular complexity index is 925. The van der Waals surface area contributed by atoms with Crippen LogP contribution < -0.4 is 15.7 Å². The largest absolute Gasteiger partial charge is 0.426 e. The van der Waals surface area contributed by atoms with Gasteiger partial charge in [-0.05, 0) is 25.1 Å². The first kappa shape index (κ1) is 18.7. The van der Waals surface area contributed by atoms with E-state index in [4.69, 9.17) is 9.47 Å². The molecule has 9 nitrogen and oxygen atoms in total. The van der Waals surface area contributed by atoms with E-state index in [1.165, 1.54) is 35.9 Å². The van der Waals surface area contributed by atoms with E-state index < -0.39 is 29.9 Å². The molecule has 2 aromatic rings. The predicted molar refractivity (Wildman–Crippen MR) is 94.4 cm³/mol. The Hall–Kier alpha value is -3.04. The van der Waals surface area contributed by atoms with Gasteiger partial charge in [0.05, 0.1) is 11.7 Å². The summed E-state index contributed by atoms with van der Waals surface area (Å²) in [7, 11) is 0. The lowest BCUT2D eigenvalue weighted by Gasteiger charge is -2.17. The summed E-state index contributed by atoms with van der Waals surface area (Å²) in [6.45, 7) is 3.03. The van der Waals surface area contributed by atoms with Gasteiger partial charge in [0, 0.05) is 19.5 Å². The SMILES string of the molecule is CC(=O)Oc1ccccc1C(=O)Nc1ccn(C2OC(C)CC2O)c(=O)n1. The molecule has 27 heavy (non-hydrogen) atoms. The second-order valence-corrected chi connectivity index (χ2v) is 6.19. The maximum atomic E-state index is 12.4. The molecule has 3 rings (SSSR count). The van der Waals surface area contributed by atoms with Gasteiger partial charge in [0.25, 0.3) is 5.91 Å². The highest BCUT2D eigenvalue weighted by atomic mass is 16.5. The summed E-state index contributed by atoms with van der Waals surface area (Å²) in [5.74, 6) is -1.01. The van der Waals surface area contributed by atoms with Gasteiger partial charge < -0.3 is 19.9 Å². The van der Waals surface area contributed by atoms with E-state index >= 15 is 0 Å². The number of carbonyl (C=O) groups is 2. The highest BCUT2D eigenvalue weighted by molar-refractivity contribution is 6.06. The number of carbonyl (C=O) groups excluding carboxylic acids is 2. The van der Waals surface area contributed by atoms with Crippen LogP contribution in [0.1, 0.15) is 36.9 Å². The third-order valence-corrected chi connectivity index (χ3v) is 4.01. The number of hydrogen-bond donors (Lipinski definition) is 2. The van der Waals surface area contributed by atoms with E-state index in [1.807, 2.05) is 0 Å². The van der Waals surface area contributed by atoms with E-state index in [0.29, 0.717) is 6.42 Å². The van der Waals surface area contributed by atoms with Crippen LogP contribution in [-0.2, 0) is 9.53 Å². The van der Waals surface area contributed by atoms with Crippen LogP contribution in [0.3, 0.4) is 0 Å². The number of aliphatic hydroxyl groups excluding tert-OH is 1. The van der Waals surface area contributed by atoms with Crippen LogP contribution in [0.5, 0.6) is 5.75 Å². The number of aliphatic hydroxyl groups is 1. The molecule has 0 saturated carbocycles. The zero-order valence-electron chi connectivity index (χ0n) is 14.8. The van der Waals surface area contributed by atoms with Gasteiger partial charge in [-0.2, -0.15) is 4.98 Å². The van der Waals surface area contributed by atoms with Crippen LogP contribution in [0.2, 0.25) is 0 Å². The lowest BCUT2D eigenvalue weighted by Crippen LogP contribution is -2.32. The van der Waals surface area contributed by atoms with Gasteiger partial charge >= 0.3 is 11.7 Å². The number of benzene rings is 1. The first-order valence-corrected chi connectivity index (χ1v) is 8.36. The summed E-state index contributed by atoms with van der Waals surface area (Å²) in [6.07, 6.45) is 0.0243. The molecule has 0 radical (unpaired) electrons. The number of anilines is 1. The molecule has 0 spiro atoms. The fourth-order valence-corrected chi connectivity index (χ4v) is 2.85. The smallest absolute Gasteiger partial charge is 0.351 e. The molecule has 3 unspecified atom stereocenters. The van der Waals surface area contributed by atoms with E-state index in [1.54, 1.807) is 19.1 Å². The van der Waals surface area contributed by atoms with Crippen LogP contribution >= 0.6 is 0 Å². The third-order valence-electron chi connectivity index (χ3n) is 4.01. The van der Waals surface area contributed by atoms with Crippen molar-refractivity contribution in [2.75, 3.05) is 5.32 Å². The Balaban J connectivity index is 1.79. The molecule has 142 valence electrons. The van der Waals surface area contributed by atoms with E-state index in [9.17, 15) is 19.5 Å². The predicted octanol–water partition coefficient (Wildman–Crippen LogP) is 1.09. The Morgan fingerprint density at radius 1 is 1.33 bits per heavy atom. The Kier molecular flexibility index (Phi) is 5.33. The van der Waals surface area contributed by atoms with Crippen molar-refractivity contribution in [2.45, 2.75) is 38.7 Å². The van der Waals surface area contributed by atoms with Gasteiger partial charge in [0.2, 0.25) is 0 Å². The Morgan fingerprint density at radius 2 is 2.07 bits per heavy atom. The fourth-order valence-electron chi connectivity index (χ4n) is 2.85. The minimum Gasteiger partial charge on any atom is -0.426 e. The number of nitrogens with zero attached hydrogens (tertiary/aromatic N) is 2. The van der Waals surface area contributed by atoms with Crippen LogP contribution in [0, 0.1) is 0 Å². The molecule has 2 N–H and O–H groups in total. The normalized spacial score (nSPS) is 21.7. The van der Waals surface area contributed by atoms with E-state index in [0.717, 1.165) is 0 Å². The molecule has 9 heteroatoms. The quantitative estimate of drug-likeness (QED) is 0.608. The molecule has 1 aromatic carbocycles. The summed E-state index contributed by atoms with van der Waals surface area (Å²) in [5, 5.41) is 12.5. The van der Waals surface area contributed by atoms with Gasteiger partial charge in [-0.25, -0.2) is 4.79 Å². The summed E-state index contributed by atoms with van der Waals surface area (Å²) >= 11 is 0. The van der Waals surface area contributed by atoms with Gasteiger partial charge in [-0.3, -0.25) is 14.2 Å². The van der Waals surface area contributed by atoms with Crippen molar-refractivity contribution in [1.82, 2.24) is 9.55 Å². The van der Waals surface area contributed by atoms with Crippen LogP contribution in [0.4, 0.5) is 5.82 Å². The van der Waals surface area contributed by atoms with Crippen molar-refractivity contribution in [2.24, 2.45) is 0 Å². The molecular formula is C18H19N3O6. The highest BCUT2D eigenvalue weighted by Crippen LogP contribution is 2.27. The summed E-state index contributed by atoms with van der Waals surface area (Å²) in [6, 6.07) is 7.64. The molecule has 1 fully saturated rings. The van der Waals surface area contributed by atoms with Crippen molar-refractivity contribution in [1.29, 1.82) is 0 Å². The maximum Gasteiger partial charge on any atom is 0.351 e. The van der Waals surface area contributed by atoms with Crippen molar-refractivity contribution in [3.05, 3.63) is 52.6 Å². The maximum absolute atomic E-state index is 12.4.